The van der Waals surface area contributed by atoms with Crippen molar-refractivity contribution in [2.24, 2.45) is 0 Å². The Labute approximate surface area is 96.4 Å². The molecule has 1 aromatic carbocycles. The highest BCUT2D eigenvalue weighted by molar-refractivity contribution is 7.98. The molecule has 1 rings (SSSR count). The van der Waals surface area contributed by atoms with Gasteiger partial charge in [0.05, 0.1) is 0 Å². The van der Waals surface area contributed by atoms with Crippen LogP contribution in [0.5, 0.6) is 0 Å². The highest BCUT2D eigenvalue weighted by Crippen LogP contribution is 2.25. The average molecular weight is 225 g/mol. The zero-order valence-corrected chi connectivity index (χ0v) is 10.4. The van der Waals surface area contributed by atoms with E-state index in [0.717, 1.165) is 13.0 Å². The van der Waals surface area contributed by atoms with Gasteiger partial charge in [-0.15, -0.1) is 11.8 Å². The largest absolute Gasteiger partial charge is 0.385 e. The topological polar surface area (TPSA) is 21.3 Å². The molecule has 1 unspecified atom stereocenters. The summed E-state index contributed by atoms with van der Waals surface area (Å²) in [5.74, 6) is 0. The Hall–Kier alpha value is -0.670. The molecule has 0 heterocycles. The summed E-state index contributed by atoms with van der Waals surface area (Å²) in [6, 6.07) is 8.82. The lowest BCUT2D eigenvalue weighted by molar-refractivity contribution is 0.191. The minimum atomic E-state index is 0.443. The van der Waals surface area contributed by atoms with Gasteiger partial charge in [0.1, 0.15) is 0 Å². The smallest absolute Gasteiger partial charge is 0.0481 e. The molecule has 0 aliphatic heterocycles. The van der Waals surface area contributed by atoms with Crippen molar-refractivity contribution >= 4 is 17.4 Å². The molecule has 1 aromatic rings. The van der Waals surface area contributed by atoms with E-state index in [9.17, 15) is 0 Å². The van der Waals surface area contributed by atoms with Crippen LogP contribution in [0.15, 0.2) is 29.2 Å². The maximum absolute atomic E-state index is 5.06. The van der Waals surface area contributed by atoms with Crippen LogP contribution in [0.4, 0.5) is 5.69 Å². The minimum Gasteiger partial charge on any atom is -0.385 e. The first-order valence-electron chi connectivity index (χ1n) is 5.16. The number of benzene rings is 1. The third-order valence-electron chi connectivity index (χ3n) is 2.26. The quantitative estimate of drug-likeness (QED) is 0.751. The number of thioether (sulfide) groups is 1. The first-order valence-corrected chi connectivity index (χ1v) is 6.39. The van der Waals surface area contributed by atoms with E-state index >= 15 is 0 Å². The highest BCUT2D eigenvalue weighted by Gasteiger charge is 2.04. The van der Waals surface area contributed by atoms with Gasteiger partial charge in [0.15, 0.2) is 0 Å². The molecule has 0 saturated carbocycles. The van der Waals surface area contributed by atoms with Gasteiger partial charge in [-0.25, -0.2) is 0 Å². The van der Waals surface area contributed by atoms with Crippen molar-refractivity contribution in [3.63, 3.8) is 0 Å². The predicted octanol–water partition coefficient (Wildman–Crippen LogP) is 3.25. The number of rotatable bonds is 6. The number of methoxy groups -OCH3 is 1. The van der Waals surface area contributed by atoms with E-state index in [4.69, 9.17) is 4.74 Å². The minimum absolute atomic E-state index is 0.443. The SMILES string of the molecule is COCCC(C)Nc1ccccc1SC. The van der Waals surface area contributed by atoms with Crippen LogP contribution in [-0.2, 0) is 4.74 Å². The summed E-state index contributed by atoms with van der Waals surface area (Å²) in [4.78, 5) is 1.29. The molecule has 0 amide bonds. The molecule has 0 fully saturated rings. The van der Waals surface area contributed by atoms with Gasteiger partial charge < -0.3 is 10.1 Å². The highest BCUT2D eigenvalue weighted by atomic mass is 32.2. The number of nitrogens with one attached hydrogen (secondary N) is 1. The molecule has 0 aliphatic carbocycles. The van der Waals surface area contributed by atoms with Gasteiger partial charge in [-0.1, -0.05) is 12.1 Å². The van der Waals surface area contributed by atoms with E-state index in [1.54, 1.807) is 18.9 Å². The summed E-state index contributed by atoms with van der Waals surface area (Å²) in [5, 5.41) is 3.50. The van der Waals surface area contributed by atoms with Gasteiger partial charge in [-0.05, 0) is 31.7 Å². The van der Waals surface area contributed by atoms with Crippen LogP contribution in [0, 0.1) is 0 Å². The Kier molecular flexibility index (Phi) is 5.58. The standard InChI is InChI=1S/C12H19NOS/c1-10(8-9-14-2)13-11-6-4-5-7-12(11)15-3/h4-7,10,13H,8-9H2,1-3H3. The fourth-order valence-corrected chi connectivity index (χ4v) is 1.96. The molecule has 0 bridgehead atoms. The summed E-state index contributed by atoms with van der Waals surface area (Å²) >= 11 is 1.77. The van der Waals surface area contributed by atoms with Gasteiger partial charge in [-0.2, -0.15) is 0 Å². The third-order valence-corrected chi connectivity index (χ3v) is 3.06. The third kappa shape index (κ3) is 4.14. The van der Waals surface area contributed by atoms with Gasteiger partial charge in [-0.3, -0.25) is 0 Å². The predicted molar refractivity (Wildman–Crippen MR) is 67.8 cm³/mol. The van der Waals surface area contributed by atoms with Gasteiger partial charge in [0.25, 0.3) is 0 Å². The monoisotopic (exact) mass is 225 g/mol. The Bertz CT molecular complexity index is 291. The Morgan fingerprint density at radius 1 is 1.40 bits per heavy atom. The molecule has 1 N–H and O–H groups in total. The van der Waals surface area contributed by atoms with E-state index < -0.39 is 0 Å². The molecular formula is C12H19NOS. The van der Waals surface area contributed by atoms with Crippen molar-refractivity contribution in [1.29, 1.82) is 0 Å². The van der Waals surface area contributed by atoms with Gasteiger partial charge >= 0.3 is 0 Å². The number of para-hydroxylation sites is 1. The van der Waals surface area contributed by atoms with Crippen molar-refractivity contribution in [3.8, 4) is 0 Å². The van der Waals surface area contributed by atoms with Crippen LogP contribution in [-0.4, -0.2) is 26.0 Å². The van der Waals surface area contributed by atoms with Gasteiger partial charge in [0, 0.05) is 30.3 Å². The summed E-state index contributed by atoms with van der Waals surface area (Å²) in [6.07, 6.45) is 3.12. The lowest BCUT2D eigenvalue weighted by Crippen LogP contribution is -2.17. The van der Waals surface area contributed by atoms with Crippen LogP contribution in [0.3, 0.4) is 0 Å². The summed E-state index contributed by atoms with van der Waals surface area (Å²) in [7, 11) is 1.74. The van der Waals surface area contributed by atoms with E-state index in [1.165, 1.54) is 10.6 Å². The molecule has 0 saturated heterocycles. The summed E-state index contributed by atoms with van der Waals surface area (Å²) in [5.41, 5.74) is 1.22. The van der Waals surface area contributed by atoms with E-state index in [-0.39, 0.29) is 0 Å². The second kappa shape index (κ2) is 6.75. The lowest BCUT2D eigenvalue weighted by atomic mass is 10.2. The number of anilines is 1. The fraction of sp³-hybridized carbons (Fsp3) is 0.500. The molecule has 0 aromatic heterocycles. The van der Waals surface area contributed by atoms with Crippen molar-refractivity contribution in [1.82, 2.24) is 0 Å². The molecule has 0 radical (unpaired) electrons. The van der Waals surface area contributed by atoms with Gasteiger partial charge in [0.2, 0.25) is 0 Å². The first kappa shape index (κ1) is 12.4. The van der Waals surface area contributed by atoms with E-state index in [2.05, 4.69) is 42.8 Å². The molecular weight excluding hydrogens is 206 g/mol. The summed E-state index contributed by atoms with van der Waals surface area (Å²) < 4.78 is 5.06. The Morgan fingerprint density at radius 3 is 2.80 bits per heavy atom. The average Bonchev–Trinajstić information content (AvgIpc) is 2.27. The van der Waals surface area contributed by atoms with E-state index in [0.29, 0.717) is 6.04 Å². The van der Waals surface area contributed by atoms with Crippen LogP contribution in [0.2, 0.25) is 0 Å². The number of hydrogen-bond donors (Lipinski definition) is 1. The molecule has 84 valence electrons. The zero-order valence-electron chi connectivity index (χ0n) is 9.62. The van der Waals surface area contributed by atoms with Crippen molar-refractivity contribution < 1.29 is 4.74 Å². The maximum atomic E-state index is 5.06. The van der Waals surface area contributed by atoms with E-state index in [1.807, 2.05) is 0 Å². The second-order valence-electron chi connectivity index (χ2n) is 3.53. The van der Waals surface area contributed by atoms with Crippen LogP contribution < -0.4 is 5.32 Å². The molecule has 0 aliphatic rings. The zero-order chi connectivity index (χ0) is 11.1. The normalized spacial score (nSPS) is 12.5. The van der Waals surface area contributed by atoms with Crippen molar-refractivity contribution in [3.05, 3.63) is 24.3 Å². The molecule has 0 spiro atoms. The van der Waals surface area contributed by atoms with Crippen LogP contribution in [0.1, 0.15) is 13.3 Å². The first-order chi connectivity index (χ1) is 7.27. The lowest BCUT2D eigenvalue weighted by Gasteiger charge is -2.16. The summed E-state index contributed by atoms with van der Waals surface area (Å²) in [6.45, 7) is 2.98. The Morgan fingerprint density at radius 2 is 2.13 bits per heavy atom. The second-order valence-corrected chi connectivity index (χ2v) is 4.38. The number of hydrogen-bond acceptors (Lipinski definition) is 3. The van der Waals surface area contributed by atoms with Crippen molar-refractivity contribution in [2.75, 3.05) is 25.3 Å². The molecule has 15 heavy (non-hydrogen) atoms. The molecule has 2 nitrogen and oxygen atoms in total. The molecule has 1 atom stereocenters. The number of ether oxygens (including phenoxy) is 1. The Balaban J connectivity index is 2.55. The van der Waals surface area contributed by atoms with Crippen LogP contribution >= 0.6 is 11.8 Å². The fourth-order valence-electron chi connectivity index (χ4n) is 1.40. The maximum Gasteiger partial charge on any atom is 0.0481 e. The molecule has 3 heteroatoms. The van der Waals surface area contributed by atoms with Crippen molar-refractivity contribution in [2.45, 2.75) is 24.3 Å². The van der Waals surface area contributed by atoms with Crippen LogP contribution in [0.25, 0.3) is 0 Å².